The minimum atomic E-state index is 0.117. The van der Waals surface area contributed by atoms with Crippen LogP contribution in [0.5, 0.6) is 5.75 Å². The molecule has 0 radical (unpaired) electrons. The molecular weight excluding hydrogens is 272 g/mol. The van der Waals surface area contributed by atoms with E-state index in [1.807, 2.05) is 17.5 Å². The number of benzene rings is 1. The van der Waals surface area contributed by atoms with Crippen molar-refractivity contribution in [3.05, 3.63) is 45.9 Å². The van der Waals surface area contributed by atoms with Crippen molar-refractivity contribution >= 4 is 11.3 Å². The zero-order chi connectivity index (χ0) is 14.6. The highest BCUT2D eigenvalue weighted by Crippen LogP contribution is 2.26. The van der Waals surface area contributed by atoms with Crippen LogP contribution in [-0.2, 0) is 23.5 Å². The molecule has 0 aliphatic carbocycles. The normalized spacial score (nSPS) is 11.6. The maximum atomic E-state index is 5.80. The lowest BCUT2D eigenvalue weighted by molar-refractivity contribution is 0.121. The molecule has 1 aromatic carbocycles. The van der Waals surface area contributed by atoms with Crippen molar-refractivity contribution in [3.63, 3.8) is 0 Å². The van der Waals surface area contributed by atoms with E-state index in [4.69, 9.17) is 10.6 Å². The SMILES string of the molecule is CC(C)(C)c1cccc(OCc2nc(CON)cs2)c1. The summed E-state index contributed by atoms with van der Waals surface area (Å²) in [6.45, 7) is 7.35. The number of rotatable bonds is 5. The van der Waals surface area contributed by atoms with Gasteiger partial charge in [0.15, 0.2) is 0 Å². The first-order valence-electron chi connectivity index (χ1n) is 6.47. The fourth-order valence-electron chi connectivity index (χ4n) is 1.76. The van der Waals surface area contributed by atoms with E-state index >= 15 is 0 Å². The minimum absolute atomic E-state index is 0.117. The number of hydrogen-bond donors (Lipinski definition) is 1. The van der Waals surface area contributed by atoms with Gasteiger partial charge in [-0.05, 0) is 23.1 Å². The van der Waals surface area contributed by atoms with Gasteiger partial charge in [0.25, 0.3) is 0 Å². The summed E-state index contributed by atoms with van der Waals surface area (Å²) < 4.78 is 5.80. The first-order chi connectivity index (χ1) is 9.49. The van der Waals surface area contributed by atoms with Crippen molar-refractivity contribution in [2.45, 2.75) is 39.4 Å². The molecule has 1 heterocycles. The summed E-state index contributed by atoms with van der Waals surface area (Å²) in [6, 6.07) is 8.18. The predicted octanol–water partition coefficient (Wildman–Crippen LogP) is 3.41. The van der Waals surface area contributed by atoms with E-state index in [2.05, 4.69) is 42.7 Å². The van der Waals surface area contributed by atoms with Gasteiger partial charge in [-0.15, -0.1) is 11.3 Å². The molecule has 0 saturated carbocycles. The first kappa shape index (κ1) is 15.0. The Bertz CT molecular complexity index is 561. The fraction of sp³-hybridized carbons (Fsp3) is 0.400. The number of aromatic nitrogens is 1. The lowest BCUT2D eigenvalue weighted by Gasteiger charge is -2.19. The molecule has 0 unspecified atom stereocenters. The molecule has 1 aromatic heterocycles. The van der Waals surface area contributed by atoms with Crippen LogP contribution in [0.1, 0.15) is 37.0 Å². The van der Waals surface area contributed by atoms with Gasteiger partial charge in [0, 0.05) is 5.38 Å². The topological polar surface area (TPSA) is 57.4 Å². The molecular formula is C15H20N2O2S. The van der Waals surface area contributed by atoms with Crippen LogP contribution in [0.2, 0.25) is 0 Å². The van der Waals surface area contributed by atoms with Crippen LogP contribution in [0.4, 0.5) is 0 Å². The Kier molecular flexibility index (Phi) is 4.75. The molecule has 0 fully saturated rings. The van der Waals surface area contributed by atoms with Crippen molar-refractivity contribution in [3.8, 4) is 5.75 Å². The fourth-order valence-corrected chi connectivity index (χ4v) is 2.45. The second-order valence-electron chi connectivity index (χ2n) is 5.61. The molecule has 0 amide bonds. The zero-order valence-electron chi connectivity index (χ0n) is 12.1. The molecule has 0 spiro atoms. The van der Waals surface area contributed by atoms with E-state index in [1.165, 1.54) is 5.56 Å². The average molecular weight is 292 g/mol. The van der Waals surface area contributed by atoms with Gasteiger partial charge < -0.3 is 4.74 Å². The molecule has 0 bridgehead atoms. The predicted molar refractivity (Wildman–Crippen MR) is 80.6 cm³/mol. The standard InChI is InChI=1S/C15H20N2O2S/c1-15(2,3)11-5-4-6-13(7-11)18-9-14-17-12(8-19-16)10-20-14/h4-7,10H,8-9,16H2,1-3H3. The number of nitrogens with two attached hydrogens (primary N) is 1. The summed E-state index contributed by atoms with van der Waals surface area (Å²) in [5.74, 6) is 5.89. The highest BCUT2D eigenvalue weighted by molar-refractivity contribution is 7.09. The third kappa shape index (κ3) is 4.03. The van der Waals surface area contributed by atoms with Crippen LogP contribution >= 0.6 is 11.3 Å². The van der Waals surface area contributed by atoms with E-state index in [0.717, 1.165) is 16.5 Å². The van der Waals surface area contributed by atoms with Crippen LogP contribution in [0.3, 0.4) is 0 Å². The highest BCUT2D eigenvalue weighted by Gasteiger charge is 2.14. The first-order valence-corrected chi connectivity index (χ1v) is 7.35. The summed E-state index contributed by atoms with van der Waals surface area (Å²) in [4.78, 5) is 8.94. The van der Waals surface area contributed by atoms with Crippen molar-refractivity contribution in [2.24, 2.45) is 5.90 Å². The Hall–Kier alpha value is -1.43. The van der Waals surface area contributed by atoms with Crippen LogP contribution in [-0.4, -0.2) is 4.98 Å². The van der Waals surface area contributed by atoms with Gasteiger partial charge in [0.1, 0.15) is 24.0 Å². The molecule has 2 N–H and O–H groups in total. The second kappa shape index (κ2) is 6.35. The Balaban J connectivity index is 1.99. The van der Waals surface area contributed by atoms with Crippen molar-refractivity contribution < 1.29 is 9.57 Å². The monoisotopic (exact) mass is 292 g/mol. The molecule has 0 aliphatic heterocycles. The third-order valence-corrected chi connectivity index (χ3v) is 3.76. The third-order valence-electron chi connectivity index (χ3n) is 2.89. The van der Waals surface area contributed by atoms with Gasteiger partial charge in [-0.2, -0.15) is 0 Å². The van der Waals surface area contributed by atoms with Crippen molar-refractivity contribution in [1.82, 2.24) is 4.98 Å². The van der Waals surface area contributed by atoms with E-state index in [0.29, 0.717) is 13.2 Å². The molecule has 5 heteroatoms. The Morgan fingerprint density at radius 3 is 2.75 bits per heavy atom. The Morgan fingerprint density at radius 2 is 2.05 bits per heavy atom. The van der Waals surface area contributed by atoms with Gasteiger partial charge in [-0.25, -0.2) is 10.9 Å². The average Bonchev–Trinajstić information content (AvgIpc) is 2.84. The minimum Gasteiger partial charge on any atom is -0.486 e. The van der Waals surface area contributed by atoms with Crippen molar-refractivity contribution in [2.75, 3.05) is 0 Å². The molecule has 108 valence electrons. The summed E-state index contributed by atoms with van der Waals surface area (Å²) in [5.41, 5.74) is 2.21. The number of thiazole rings is 1. The summed E-state index contributed by atoms with van der Waals surface area (Å²) in [5, 5.41) is 2.84. The van der Waals surface area contributed by atoms with E-state index in [-0.39, 0.29) is 5.41 Å². The smallest absolute Gasteiger partial charge is 0.140 e. The van der Waals surface area contributed by atoms with Crippen LogP contribution in [0, 0.1) is 0 Å². The quantitative estimate of drug-likeness (QED) is 0.858. The van der Waals surface area contributed by atoms with Gasteiger partial charge in [-0.3, -0.25) is 4.84 Å². The number of hydrogen-bond acceptors (Lipinski definition) is 5. The molecule has 0 aliphatic rings. The zero-order valence-corrected chi connectivity index (χ0v) is 12.9. The van der Waals surface area contributed by atoms with E-state index in [1.54, 1.807) is 11.3 Å². The summed E-state index contributed by atoms with van der Waals surface area (Å²) in [6.07, 6.45) is 0. The molecule has 2 rings (SSSR count). The van der Waals surface area contributed by atoms with E-state index in [9.17, 15) is 0 Å². The molecule has 0 atom stereocenters. The van der Waals surface area contributed by atoms with Crippen LogP contribution < -0.4 is 10.6 Å². The number of nitrogens with zero attached hydrogens (tertiary/aromatic N) is 1. The van der Waals surface area contributed by atoms with Gasteiger partial charge in [0.2, 0.25) is 0 Å². The maximum Gasteiger partial charge on any atom is 0.140 e. The molecule has 4 nitrogen and oxygen atoms in total. The lowest BCUT2D eigenvalue weighted by atomic mass is 9.87. The van der Waals surface area contributed by atoms with Crippen LogP contribution in [0.25, 0.3) is 0 Å². The van der Waals surface area contributed by atoms with Crippen molar-refractivity contribution in [1.29, 1.82) is 0 Å². The molecule has 20 heavy (non-hydrogen) atoms. The van der Waals surface area contributed by atoms with Gasteiger partial charge in [0.05, 0.1) is 5.69 Å². The summed E-state index contributed by atoms with van der Waals surface area (Å²) in [7, 11) is 0. The van der Waals surface area contributed by atoms with E-state index < -0.39 is 0 Å². The van der Waals surface area contributed by atoms with Gasteiger partial charge in [-0.1, -0.05) is 32.9 Å². The maximum absolute atomic E-state index is 5.80. The second-order valence-corrected chi connectivity index (χ2v) is 6.55. The Labute approximate surface area is 123 Å². The summed E-state index contributed by atoms with van der Waals surface area (Å²) >= 11 is 1.55. The number of ether oxygens (including phenoxy) is 1. The molecule has 2 aromatic rings. The molecule has 0 saturated heterocycles. The Morgan fingerprint density at radius 1 is 1.25 bits per heavy atom. The van der Waals surface area contributed by atoms with Crippen LogP contribution in [0.15, 0.2) is 29.6 Å². The largest absolute Gasteiger partial charge is 0.486 e. The lowest BCUT2D eigenvalue weighted by Crippen LogP contribution is -2.10. The van der Waals surface area contributed by atoms with Gasteiger partial charge >= 0.3 is 0 Å². The highest BCUT2D eigenvalue weighted by atomic mass is 32.1.